The van der Waals surface area contributed by atoms with Crippen LogP contribution in [-0.4, -0.2) is 18.2 Å². The molecule has 1 unspecified atom stereocenters. The zero-order valence-corrected chi connectivity index (χ0v) is 13.1. The van der Waals surface area contributed by atoms with Crippen LogP contribution < -0.4 is 9.47 Å². The van der Waals surface area contributed by atoms with E-state index in [0.29, 0.717) is 24.8 Å². The third kappa shape index (κ3) is 2.06. The van der Waals surface area contributed by atoms with Crippen LogP contribution in [-0.2, 0) is 10.3 Å². The van der Waals surface area contributed by atoms with E-state index in [2.05, 4.69) is 31.8 Å². The van der Waals surface area contributed by atoms with Gasteiger partial charge in [-0.3, -0.25) is 0 Å². The van der Waals surface area contributed by atoms with Crippen LogP contribution in [0.25, 0.3) is 0 Å². The van der Waals surface area contributed by atoms with E-state index < -0.39 is 0 Å². The highest BCUT2D eigenvalue weighted by Crippen LogP contribution is 2.57. The van der Waals surface area contributed by atoms with Gasteiger partial charge in [-0.15, -0.1) is 0 Å². The van der Waals surface area contributed by atoms with E-state index in [0.717, 1.165) is 16.9 Å². The first-order chi connectivity index (χ1) is 10.5. The van der Waals surface area contributed by atoms with Crippen molar-refractivity contribution in [3.8, 4) is 17.4 Å². The molecule has 1 spiro atoms. The number of benzene rings is 1. The Morgan fingerprint density at radius 1 is 1.18 bits per heavy atom. The first-order valence-corrected chi connectivity index (χ1v) is 7.53. The Morgan fingerprint density at radius 3 is 2.68 bits per heavy atom. The van der Waals surface area contributed by atoms with Crippen LogP contribution in [0.3, 0.4) is 0 Å². The molecule has 3 heterocycles. The summed E-state index contributed by atoms with van der Waals surface area (Å²) in [5.74, 6) is 2.04. The Hall–Kier alpha value is -2.07. The highest BCUT2D eigenvalue weighted by atomic mass is 16.6. The van der Waals surface area contributed by atoms with Crippen LogP contribution in [0.1, 0.15) is 31.9 Å². The molecule has 1 aromatic heterocycles. The highest BCUT2D eigenvalue weighted by Gasteiger charge is 2.54. The van der Waals surface area contributed by atoms with E-state index in [1.54, 1.807) is 6.20 Å². The average Bonchev–Trinajstić information content (AvgIpc) is 3.26. The van der Waals surface area contributed by atoms with Crippen molar-refractivity contribution in [2.24, 2.45) is 5.41 Å². The van der Waals surface area contributed by atoms with Crippen LogP contribution in [0.5, 0.6) is 17.4 Å². The fourth-order valence-electron chi connectivity index (χ4n) is 2.76. The lowest BCUT2D eigenvalue weighted by molar-refractivity contribution is 0.184. The van der Waals surface area contributed by atoms with Crippen LogP contribution >= 0.6 is 0 Å². The lowest BCUT2D eigenvalue weighted by Crippen LogP contribution is -2.21. The number of pyridine rings is 1. The Labute approximate surface area is 130 Å². The molecule has 1 atom stereocenters. The van der Waals surface area contributed by atoms with Gasteiger partial charge in [-0.1, -0.05) is 39.0 Å². The molecule has 2 aliphatic rings. The predicted octanol–water partition coefficient (Wildman–Crippen LogP) is 3.89. The molecule has 0 aliphatic carbocycles. The summed E-state index contributed by atoms with van der Waals surface area (Å²) >= 11 is 0. The van der Waals surface area contributed by atoms with Crippen LogP contribution in [0.15, 0.2) is 36.5 Å². The van der Waals surface area contributed by atoms with Crippen molar-refractivity contribution in [2.75, 3.05) is 13.2 Å². The number of rotatable bonds is 2. The zero-order chi connectivity index (χ0) is 15.4. The third-order valence-electron chi connectivity index (χ3n) is 3.92. The molecule has 0 bridgehead atoms. The van der Waals surface area contributed by atoms with Gasteiger partial charge in [-0.2, -0.15) is 0 Å². The molecule has 0 amide bonds. The van der Waals surface area contributed by atoms with E-state index in [1.807, 2.05) is 24.3 Å². The number of hydrogen-bond acceptors (Lipinski definition) is 4. The van der Waals surface area contributed by atoms with Gasteiger partial charge in [0.15, 0.2) is 5.75 Å². The van der Waals surface area contributed by atoms with Crippen LogP contribution in [0, 0.1) is 5.41 Å². The van der Waals surface area contributed by atoms with E-state index in [9.17, 15) is 0 Å². The molecule has 22 heavy (non-hydrogen) atoms. The van der Waals surface area contributed by atoms with E-state index in [-0.39, 0.29) is 11.0 Å². The predicted molar refractivity (Wildman–Crippen MR) is 82.4 cm³/mol. The molecule has 4 heteroatoms. The highest BCUT2D eigenvalue weighted by molar-refractivity contribution is 5.60. The Balaban J connectivity index is 1.77. The quantitative estimate of drug-likeness (QED) is 0.789. The summed E-state index contributed by atoms with van der Waals surface area (Å²) in [5.41, 5.74) is 1.76. The molecule has 4 rings (SSSR count). The number of fused-ring (bicyclic) bond motifs is 4. The smallest absolute Gasteiger partial charge is 0.258 e. The largest absolute Gasteiger partial charge is 0.474 e. The maximum absolute atomic E-state index is 6.08. The lowest BCUT2D eigenvalue weighted by atomic mass is 9.89. The van der Waals surface area contributed by atoms with Gasteiger partial charge in [0.05, 0.1) is 13.2 Å². The number of epoxide rings is 1. The second kappa shape index (κ2) is 4.46. The van der Waals surface area contributed by atoms with Gasteiger partial charge in [0, 0.05) is 17.3 Å². The van der Waals surface area contributed by atoms with Crippen molar-refractivity contribution in [3.05, 3.63) is 47.7 Å². The lowest BCUT2D eigenvalue weighted by Gasteiger charge is -2.27. The molecule has 0 radical (unpaired) electrons. The van der Waals surface area contributed by atoms with Gasteiger partial charge >= 0.3 is 0 Å². The van der Waals surface area contributed by atoms with Gasteiger partial charge in [-0.25, -0.2) is 4.98 Å². The molecule has 0 saturated carbocycles. The van der Waals surface area contributed by atoms with Crippen molar-refractivity contribution in [1.82, 2.24) is 4.98 Å². The SMILES string of the molecule is CC(C)(C)COc1nccc2c1Oc1ccccc1C21CO1. The molecule has 1 saturated heterocycles. The summed E-state index contributed by atoms with van der Waals surface area (Å²) in [6, 6.07) is 9.95. The normalized spacial score (nSPS) is 21.8. The number of nitrogens with zero attached hydrogens (tertiary/aromatic N) is 1. The van der Waals surface area contributed by atoms with Gasteiger partial charge in [0.25, 0.3) is 5.88 Å². The monoisotopic (exact) mass is 297 g/mol. The Bertz CT molecular complexity index is 729. The van der Waals surface area contributed by atoms with Crippen molar-refractivity contribution in [2.45, 2.75) is 26.4 Å². The minimum absolute atomic E-state index is 0.0603. The maximum atomic E-state index is 6.08. The van der Waals surface area contributed by atoms with Gasteiger partial charge < -0.3 is 14.2 Å². The molecule has 4 nitrogen and oxygen atoms in total. The summed E-state index contributed by atoms with van der Waals surface area (Å²) in [7, 11) is 0. The third-order valence-corrected chi connectivity index (χ3v) is 3.92. The summed E-state index contributed by atoms with van der Waals surface area (Å²) in [6.07, 6.45) is 1.76. The topological polar surface area (TPSA) is 43.9 Å². The summed E-state index contributed by atoms with van der Waals surface area (Å²) in [4.78, 5) is 4.36. The second-order valence-electron chi connectivity index (χ2n) is 7.06. The summed E-state index contributed by atoms with van der Waals surface area (Å²) < 4.78 is 17.8. The summed E-state index contributed by atoms with van der Waals surface area (Å²) in [5, 5.41) is 0. The zero-order valence-electron chi connectivity index (χ0n) is 13.1. The number of hydrogen-bond donors (Lipinski definition) is 0. The minimum atomic E-state index is -0.382. The van der Waals surface area contributed by atoms with E-state index >= 15 is 0 Å². The van der Waals surface area contributed by atoms with Crippen molar-refractivity contribution in [3.63, 3.8) is 0 Å². The molecular weight excluding hydrogens is 278 g/mol. The Morgan fingerprint density at radius 2 is 1.95 bits per heavy atom. The Kier molecular flexibility index (Phi) is 2.76. The fourth-order valence-corrected chi connectivity index (χ4v) is 2.76. The first-order valence-electron chi connectivity index (χ1n) is 7.53. The van der Waals surface area contributed by atoms with Crippen molar-refractivity contribution in [1.29, 1.82) is 0 Å². The van der Waals surface area contributed by atoms with Crippen molar-refractivity contribution >= 4 is 0 Å². The first kappa shape index (κ1) is 13.6. The molecule has 0 N–H and O–H groups in total. The molecule has 1 aromatic carbocycles. The molecule has 114 valence electrons. The van der Waals surface area contributed by atoms with E-state index in [4.69, 9.17) is 14.2 Å². The summed E-state index contributed by atoms with van der Waals surface area (Å²) in [6.45, 7) is 7.64. The molecule has 2 aliphatic heterocycles. The number of aromatic nitrogens is 1. The standard InChI is InChI=1S/C18H19NO3/c1-17(2,3)10-20-16-15-13(8-9-19-16)18(11-21-18)12-6-4-5-7-14(12)22-15/h4-9H,10-11H2,1-3H3. The van der Waals surface area contributed by atoms with E-state index in [1.165, 1.54) is 0 Å². The van der Waals surface area contributed by atoms with Crippen molar-refractivity contribution < 1.29 is 14.2 Å². The van der Waals surface area contributed by atoms with Gasteiger partial charge in [0.2, 0.25) is 0 Å². The molecule has 2 aromatic rings. The fraction of sp³-hybridized carbons (Fsp3) is 0.389. The minimum Gasteiger partial charge on any atom is -0.474 e. The van der Waals surface area contributed by atoms with Gasteiger partial charge in [-0.05, 0) is 17.5 Å². The van der Waals surface area contributed by atoms with Crippen LogP contribution in [0.2, 0.25) is 0 Å². The second-order valence-corrected chi connectivity index (χ2v) is 7.06. The van der Waals surface area contributed by atoms with Gasteiger partial charge in [0.1, 0.15) is 11.4 Å². The molecule has 1 fully saturated rings. The average molecular weight is 297 g/mol. The van der Waals surface area contributed by atoms with Crippen LogP contribution in [0.4, 0.5) is 0 Å². The molecular formula is C18H19NO3. The maximum Gasteiger partial charge on any atom is 0.258 e. The number of para-hydroxylation sites is 1. The number of ether oxygens (including phenoxy) is 3.